The highest BCUT2D eigenvalue weighted by Gasteiger charge is 2.12. The zero-order valence-electron chi connectivity index (χ0n) is 10.0. The van der Waals surface area contributed by atoms with Crippen molar-refractivity contribution in [3.05, 3.63) is 29.3 Å². The number of nitrogens with zero attached hydrogens (tertiary/aromatic N) is 1. The van der Waals surface area contributed by atoms with Crippen molar-refractivity contribution < 1.29 is 18.3 Å². The monoisotopic (exact) mass is 256 g/mol. The van der Waals surface area contributed by atoms with E-state index in [-0.39, 0.29) is 11.3 Å². The minimum absolute atomic E-state index is 0.0156. The Labute approximate surface area is 104 Å². The molecule has 1 rings (SSSR count). The molecule has 1 N–H and O–H groups in total. The van der Waals surface area contributed by atoms with E-state index in [0.29, 0.717) is 26.4 Å². The molecule has 0 aliphatic carbocycles. The van der Waals surface area contributed by atoms with Crippen LogP contribution in [0.15, 0.2) is 12.1 Å². The van der Waals surface area contributed by atoms with Gasteiger partial charge in [0.25, 0.3) is 0 Å². The first-order valence-corrected chi connectivity index (χ1v) is 5.39. The number of anilines is 1. The SMILES string of the molecule is COCCOCCNc1ccc(C#N)c(F)c1F. The van der Waals surface area contributed by atoms with E-state index in [1.807, 2.05) is 0 Å². The largest absolute Gasteiger partial charge is 0.382 e. The van der Waals surface area contributed by atoms with E-state index >= 15 is 0 Å². The minimum Gasteiger partial charge on any atom is -0.382 e. The van der Waals surface area contributed by atoms with E-state index < -0.39 is 11.6 Å². The molecule has 0 spiro atoms. The van der Waals surface area contributed by atoms with E-state index in [1.54, 1.807) is 13.2 Å². The van der Waals surface area contributed by atoms with Gasteiger partial charge in [-0.15, -0.1) is 0 Å². The Bertz CT molecular complexity index is 433. The molecule has 0 atom stereocenters. The zero-order chi connectivity index (χ0) is 13.4. The van der Waals surface area contributed by atoms with Crippen LogP contribution in [0.25, 0.3) is 0 Å². The predicted molar refractivity (Wildman–Crippen MR) is 62.3 cm³/mol. The highest BCUT2D eigenvalue weighted by Crippen LogP contribution is 2.19. The number of nitriles is 1. The number of hydrogen-bond acceptors (Lipinski definition) is 4. The average molecular weight is 256 g/mol. The molecule has 0 aliphatic heterocycles. The van der Waals surface area contributed by atoms with Crippen LogP contribution in [0.3, 0.4) is 0 Å². The molecule has 0 aromatic heterocycles. The summed E-state index contributed by atoms with van der Waals surface area (Å²) in [6.45, 7) is 1.62. The van der Waals surface area contributed by atoms with Gasteiger partial charge in [0.15, 0.2) is 11.6 Å². The highest BCUT2D eigenvalue weighted by molar-refractivity contribution is 5.49. The number of halogens is 2. The number of ether oxygens (including phenoxy) is 2. The quantitative estimate of drug-likeness (QED) is 0.757. The topological polar surface area (TPSA) is 54.3 Å². The van der Waals surface area contributed by atoms with Gasteiger partial charge in [0.1, 0.15) is 6.07 Å². The Morgan fingerprint density at radius 1 is 1.22 bits per heavy atom. The fraction of sp³-hybridized carbons (Fsp3) is 0.417. The van der Waals surface area contributed by atoms with E-state index in [2.05, 4.69) is 5.32 Å². The molecule has 98 valence electrons. The molecule has 4 nitrogen and oxygen atoms in total. The Morgan fingerprint density at radius 2 is 2.00 bits per heavy atom. The summed E-state index contributed by atoms with van der Waals surface area (Å²) in [6, 6.07) is 4.13. The molecule has 0 bridgehead atoms. The van der Waals surface area contributed by atoms with Gasteiger partial charge in [-0.2, -0.15) is 5.26 Å². The van der Waals surface area contributed by atoms with Crippen molar-refractivity contribution in [2.24, 2.45) is 0 Å². The second-order valence-corrected chi connectivity index (χ2v) is 3.43. The molecular weight excluding hydrogens is 242 g/mol. The smallest absolute Gasteiger partial charge is 0.183 e. The Balaban J connectivity index is 2.44. The lowest BCUT2D eigenvalue weighted by molar-refractivity contribution is 0.0759. The van der Waals surface area contributed by atoms with Gasteiger partial charge in [0.2, 0.25) is 0 Å². The number of hydrogen-bond donors (Lipinski definition) is 1. The fourth-order valence-electron chi connectivity index (χ4n) is 1.27. The summed E-state index contributed by atoms with van der Waals surface area (Å²) in [5.41, 5.74) is -0.295. The molecule has 0 aliphatic rings. The second kappa shape index (κ2) is 7.58. The third-order valence-electron chi connectivity index (χ3n) is 2.20. The molecular formula is C12H14F2N2O2. The van der Waals surface area contributed by atoms with Crippen LogP contribution in [0.1, 0.15) is 5.56 Å². The van der Waals surface area contributed by atoms with Crippen molar-refractivity contribution >= 4 is 5.69 Å². The highest BCUT2D eigenvalue weighted by atomic mass is 19.2. The van der Waals surface area contributed by atoms with Gasteiger partial charge in [-0.25, -0.2) is 8.78 Å². The maximum atomic E-state index is 13.4. The Hall–Kier alpha value is -1.71. The molecule has 0 saturated heterocycles. The first-order chi connectivity index (χ1) is 8.70. The van der Waals surface area contributed by atoms with Crippen molar-refractivity contribution in [2.45, 2.75) is 0 Å². The molecule has 0 amide bonds. The van der Waals surface area contributed by atoms with E-state index in [0.717, 1.165) is 0 Å². The Morgan fingerprint density at radius 3 is 2.67 bits per heavy atom. The fourth-order valence-corrected chi connectivity index (χ4v) is 1.27. The minimum atomic E-state index is -1.14. The van der Waals surface area contributed by atoms with Gasteiger partial charge >= 0.3 is 0 Å². The number of nitrogens with one attached hydrogen (secondary N) is 1. The van der Waals surface area contributed by atoms with Gasteiger partial charge in [-0.1, -0.05) is 0 Å². The van der Waals surface area contributed by atoms with E-state index in [9.17, 15) is 8.78 Å². The van der Waals surface area contributed by atoms with E-state index in [4.69, 9.17) is 14.7 Å². The third kappa shape index (κ3) is 3.95. The summed E-state index contributed by atoms with van der Waals surface area (Å²) < 4.78 is 36.6. The lowest BCUT2D eigenvalue weighted by Crippen LogP contribution is -2.13. The van der Waals surface area contributed by atoms with Crippen molar-refractivity contribution in [3.8, 4) is 6.07 Å². The van der Waals surface area contributed by atoms with Gasteiger partial charge < -0.3 is 14.8 Å². The van der Waals surface area contributed by atoms with Crippen LogP contribution in [0.5, 0.6) is 0 Å². The molecule has 0 heterocycles. The van der Waals surface area contributed by atoms with E-state index in [1.165, 1.54) is 12.1 Å². The number of methoxy groups -OCH3 is 1. The molecule has 1 aromatic rings. The van der Waals surface area contributed by atoms with Crippen LogP contribution in [0.2, 0.25) is 0 Å². The van der Waals surface area contributed by atoms with Crippen LogP contribution in [-0.4, -0.2) is 33.5 Å². The van der Waals surface area contributed by atoms with Crippen LogP contribution in [-0.2, 0) is 9.47 Å². The molecule has 0 fully saturated rings. The summed E-state index contributed by atoms with van der Waals surface area (Å²) >= 11 is 0. The maximum Gasteiger partial charge on any atom is 0.183 e. The van der Waals surface area contributed by atoms with Crippen LogP contribution < -0.4 is 5.32 Å². The van der Waals surface area contributed by atoms with Gasteiger partial charge in [-0.3, -0.25) is 0 Å². The summed E-state index contributed by atoms with van der Waals surface area (Å²) in [5, 5.41) is 11.2. The molecule has 6 heteroatoms. The summed E-state index contributed by atoms with van der Waals surface area (Å²) in [5.74, 6) is -2.19. The van der Waals surface area contributed by atoms with Crippen LogP contribution in [0.4, 0.5) is 14.5 Å². The molecule has 0 unspecified atom stereocenters. The molecule has 0 saturated carbocycles. The van der Waals surface area contributed by atoms with Crippen molar-refractivity contribution in [2.75, 3.05) is 38.8 Å². The average Bonchev–Trinajstić information content (AvgIpc) is 2.38. The molecule has 1 aromatic carbocycles. The first kappa shape index (κ1) is 14.4. The zero-order valence-corrected chi connectivity index (χ0v) is 10.0. The van der Waals surface area contributed by atoms with Crippen molar-refractivity contribution in [1.82, 2.24) is 0 Å². The maximum absolute atomic E-state index is 13.4. The summed E-state index contributed by atoms with van der Waals surface area (Å²) in [7, 11) is 1.57. The molecule has 18 heavy (non-hydrogen) atoms. The molecule has 0 radical (unpaired) electrons. The van der Waals surface area contributed by atoms with Gasteiger partial charge in [0.05, 0.1) is 31.1 Å². The lowest BCUT2D eigenvalue weighted by atomic mass is 10.2. The summed E-state index contributed by atoms with van der Waals surface area (Å²) in [6.07, 6.45) is 0. The first-order valence-electron chi connectivity index (χ1n) is 5.39. The van der Waals surface area contributed by atoms with Gasteiger partial charge in [-0.05, 0) is 12.1 Å². The Kier molecular flexibility index (Phi) is 6.05. The van der Waals surface area contributed by atoms with Gasteiger partial charge in [0, 0.05) is 13.7 Å². The van der Waals surface area contributed by atoms with Crippen molar-refractivity contribution in [1.29, 1.82) is 5.26 Å². The predicted octanol–water partition coefficient (Wildman–Crippen LogP) is 1.91. The van der Waals surface area contributed by atoms with Crippen molar-refractivity contribution in [3.63, 3.8) is 0 Å². The number of rotatable bonds is 7. The summed E-state index contributed by atoms with van der Waals surface area (Å²) in [4.78, 5) is 0. The van der Waals surface area contributed by atoms with Crippen LogP contribution in [0, 0.1) is 23.0 Å². The lowest BCUT2D eigenvalue weighted by Gasteiger charge is -2.09. The van der Waals surface area contributed by atoms with Crippen LogP contribution >= 0.6 is 0 Å². The normalized spacial score (nSPS) is 10.1. The number of benzene rings is 1. The second-order valence-electron chi connectivity index (χ2n) is 3.43. The standard InChI is InChI=1S/C12H14F2N2O2/c1-17-6-7-18-5-4-16-10-3-2-9(8-15)11(13)12(10)14/h2-3,16H,4-7H2,1H3. The third-order valence-corrected chi connectivity index (χ3v) is 2.20.